The zero-order valence-corrected chi connectivity index (χ0v) is 21.0. The number of carbonyl (C=O) groups is 2. The van der Waals surface area contributed by atoms with Gasteiger partial charge in [0.25, 0.3) is 0 Å². The Balaban J connectivity index is 1.41. The maximum atomic E-state index is 11.0. The lowest BCUT2D eigenvalue weighted by molar-refractivity contribution is -0.311. The first-order valence-electron chi connectivity index (χ1n) is 11.3. The molecule has 3 aromatic carbocycles. The second-order valence-corrected chi connectivity index (χ2v) is 10.3. The number of nitrogens with zero attached hydrogens (tertiary/aromatic N) is 1. The molecule has 5 nitrogen and oxygen atoms in total. The van der Waals surface area contributed by atoms with Crippen LogP contribution in [0.1, 0.15) is 4.88 Å². The molecule has 5 rings (SSSR count). The summed E-state index contributed by atoms with van der Waals surface area (Å²) in [4.78, 5) is 27.7. The lowest BCUT2D eigenvalue weighted by atomic mass is 10.1. The first-order chi connectivity index (χ1) is 18.0. The average molecular weight is 522 g/mol. The van der Waals surface area contributed by atoms with Gasteiger partial charge in [0.05, 0.1) is 11.9 Å². The number of rotatable bonds is 8. The molecule has 0 aliphatic carbocycles. The Morgan fingerprint density at radius 2 is 1.05 bits per heavy atom. The van der Waals surface area contributed by atoms with E-state index in [9.17, 15) is 19.8 Å². The number of para-hydroxylation sites is 2. The summed E-state index contributed by atoms with van der Waals surface area (Å²) in [5.41, 5.74) is 3.39. The van der Waals surface area contributed by atoms with Crippen molar-refractivity contribution in [2.24, 2.45) is 0 Å². The Morgan fingerprint density at radius 3 is 1.62 bits per heavy atom. The van der Waals surface area contributed by atoms with Crippen LogP contribution in [0.5, 0.6) is 0 Å². The summed E-state index contributed by atoms with van der Waals surface area (Å²) in [6.07, 6.45) is 1.07. The number of benzene rings is 3. The fraction of sp³-hybridized carbons (Fsp3) is 0. The minimum Gasteiger partial charge on any atom is -0.545 e. The van der Waals surface area contributed by atoms with Crippen LogP contribution >= 0.6 is 22.7 Å². The molecule has 0 fully saturated rings. The van der Waals surface area contributed by atoms with Crippen LogP contribution in [0.15, 0.2) is 115 Å². The van der Waals surface area contributed by atoms with Gasteiger partial charge in [-0.15, -0.1) is 22.7 Å². The number of carboxylic acids is 2. The van der Waals surface area contributed by atoms with E-state index < -0.39 is 17.5 Å². The number of thiophene rings is 2. The number of carboxylic acid groups (broad SMARTS) is 2. The molecule has 0 saturated carbocycles. The van der Waals surface area contributed by atoms with Gasteiger partial charge in [0, 0.05) is 42.1 Å². The summed E-state index contributed by atoms with van der Waals surface area (Å²) < 4.78 is 0. The highest BCUT2D eigenvalue weighted by atomic mass is 32.1. The van der Waals surface area contributed by atoms with E-state index in [4.69, 9.17) is 0 Å². The zero-order chi connectivity index (χ0) is 25.8. The second kappa shape index (κ2) is 10.7. The minimum atomic E-state index is -1.77. The summed E-state index contributed by atoms with van der Waals surface area (Å²) in [7, 11) is 0. The van der Waals surface area contributed by atoms with Crippen molar-refractivity contribution in [2.45, 2.75) is 0 Å². The Hall–Kier alpha value is -4.46. The molecule has 0 atom stereocenters. The highest BCUT2D eigenvalue weighted by Crippen LogP contribution is 2.40. The van der Waals surface area contributed by atoms with Crippen molar-refractivity contribution in [2.75, 3.05) is 4.90 Å². The fourth-order valence-corrected chi connectivity index (χ4v) is 5.96. The molecule has 7 heteroatoms. The fourth-order valence-electron chi connectivity index (χ4n) is 3.91. The van der Waals surface area contributed by atoms with Crippen molar-refractivity contribution in [3.05, 3.63) is 120 Å². The van der Waals surface area contributed by atoms with Crippen LogP contribution < -0.4 is 15.1 Å². The van der Waals surface area contributed by atoms with Gasteiger partial charge in [-0.3, -0.25) is 0 Å². The zero-order valence-electron chi connectivity index (χ0n) is 19.4. The van der Waals surface area contributed by atoms with Crippen molar-refractivity contribution < 1.29 is 19.8 Å². The smallest absolute Gasteiger partial charge is 0.0734 e. The Kier molecular flexibility index (Phi) is 6.98. The predicted molar refractivity (Wildman–Crippen MR) is 146 cm³/mol. The lowest BCUT2D eigenvalue weighted by Crippen LogP contribution is -2.35. The van der Waals surface area contributed by atoms with Crippen molar-refractivity contribution in [1.29, 1.82) is 0 Å². The highest BCUT2D eigenvalue weighted by Gasteiger charge is 2.13. The second-order valence-electron chi connectivity index (χ2n) is 8.05. The Morgan fingerprint density at radius 1 is 0.568 bits per heavy atom. The minimum absolute atomic E-state index is 0.500. The maximum Gasteiger partial charge on any atom is 0.0734 e. The number of hydrogen-bond acceptors (Lipinski definition) is 7. The van der Waals surface area contributed by atoms with Crippen LogP contribution in [0.3, 0.4) is 0 Å². The summed E-state index contributed by atoms with van der Waals surface area (Å²) in [6.45, 7) is 0. The molecule has 5 aromatic rings. The molecule has 0 aliphatic rings. The van der Waals surface area contributed by atoms with Crippen molar-refractivity contribution >= 4 is 57.8 Å². The van der Waals surface area contributed by atoms with Crippen molar-refractivity contribution in [1.82, 2.24) is 0 Å². The summed E-state index contributed by atoms with van der Waals surface area (Å²) in [6, 6.07) is 36.4. The molecule has 0 aliphatic heterocycles. The standard InChI is InChI=1S/C30H21NO4S2/c32-29(33)25(30(34)35)19-24-15-16-27(36-24)28-18-17-26(37-28)20-11-13-23(14-12-20)31(21-7-3-1-4-8-21)22-9-5-2-6-10-22/h1-19H,(H,32,33)(H,34,35)/p-2. The number of aliphatic carboxylic acids is 2. The molecule has 0 spiro atoms. The van der Waals surface area contributed by atoms with Crippen molar-refractivity contribution in [3.63, 3.8) is 0 Å². The normalized spacial score (nSPS) is 10.6. The van der Waals surface area contributed by atoms with Gasteiger partial charge in [0.15, 0.2) is 0 Å². The third-order valence-electron chi connectivity index (χ3n) is 5.64. The van der Waals surface area contributed by atoms with Gasteiger partial charge in [-0.05, 0) is 72.3 Å². The van der Waals surface area contributed by atoms with Crippen LogP contribution in [0.25, 0.3) is 26.3 Å². The van der Waals surface area contributed by atoms with Crippen LogP contribution in [-0.2, 0) is 9.59 Å². The molecule has 2 aromatic heterocycles. The number of anilines is 3. The average Bonchev–Trinajstić information content (AvgIpc) is 3.59. The quantitative estimate of drug-likeness (QED) is 0.153. The SMILES string of the molecule is O=C([O-])C(=Cc1ccc(-c2ccc(-c3ccc(N(c4ccccc4)c4ccccc4)cc3)s2)s1)C(=O)[O-]. The Bertz CT molecular complexity index is 1510. The van der Waals surface area contributed by atoms with E-state index in [1.807, 2.05) is 54.6 Å². The Labute approximate surface area is 221 Å². The first kappa shape index (κ1) is 24.2. The van der Waals surface area contributed by atoms with Gasteiger partial charge in [0.1, 0.15) is 0 Å². The lowest BCUT2D eigenvalue weighted by Gasteiger charge is -2.25. The molecular weight excluding hydrogens is 502 g/mol. The van der Waals surface area contributed by atoms with Crippen molar-refractivity contribution in [3.8, 4) is 20.2 Å². The van der Waals surface area contributed by atoms with Crippen LogP contribution in [-0.4, -0.2) is 11.9 Å². The molecule has 0 saturated heterocycles. The van der Waals surface area contributed by atoms with E-state index in [0.717, 1.165) is 43.3 Å². The molecule has 37 heavy (non-hydrogen) atoms. The summed E-state index contributed by atoms with van der Waals surface area (Å²) >= 11 is 2.91. The van der Waals surface area contributed by atoms with E-state index in [2.05, 4.69) is 53.4 Å². The molecule has 0 unspecified atom stereocenters. The first-order valence-corrected chi connectivity index (χ1v) is 13.0. The van der Waals surface area contributed by atoms with Gasteiger partial charge < -0.3 is 24.7 Å². The summed E-state index contributed by atoms with van der Waals surface area (Å²) in [5.74, 6) is -3.54. The third kappa shape index (κ3) is 5.38. The van der Waals surface area contributed by atoms with Gasteiger partial charge >= 0.3 is 0 Å². The van der Waals surface area contributed by atoms with Crippen LogP contribution in [0.2, 0.25) is 0 Å². The molecule has 2 heterocycles. The van der Waals surface area contributed by atoms with Crippen LogP contribution in [0.4, 0.5) is 17.1 Å². The predicted octanol–water partition coefficient (Wildman–Crippen LogP) is 5.50. The molecule has 0 amide bonds. The van der Waals surface area contributed by atoms with E-state index in [0.29, 0.717) is 4.88 Å². The van der Waals surface area contributed by atoms with E-state index in [1.165, 1.54) is 11.3 Å². The largest absolute Gasteiger partial charge is 0.545 e. The van der Waals surface area contributed by atoms with E-state index in [1.54, 1.807) is 17.4 Å². The van der Waals surface area contributed by atoms with Crippen LogP contribution in [0, 0.1) is 0 Å². The molecular formula is C30H19NO4S2-2. The molecule has 0 N–H and O–H groups in total. The number of hydrogen-bond donors (Lipinski definition) is 0. The van der Waals surface area contributed by atoms with Gasteiger partial charge in [-0.1, -0.05) is 48.5 Å². The van der Waals surface area contributed by atoms with Gasteiger partial charge in [-0.25, -0.2) is 0 Å². The monoisotopic (exact) mass is 521 g/mol. The summed E-state index contributed by atoms with van der Waals surface area (Å²) in [5, 5.41) is 22.0. The van der Waals surface area contributed by atoms with Gasteiger partial charge in [-0.2, -0.15) is 0 Å². The topological polar surface area (TPSA) is 83.5 Å². The number of carbonyl (C=O) groups excluding carboxylic acids is 2. The molecule has 182 valence electrons. The third-order valence-corrected chi connectivity index (χ3v) is 8.00. The molecule has 0 radical (unpaired) electrons. The molecule has 0 bridgehead atoms. The van der Waals surface area contributed by atoms with Gasteiger partial charge in [0.2, 0.25) is 0 Å². The highest BCUT2D eigenvalue weighted by molar-refractivity contribution is 7.24. The van der Waals surface area contributed by atoms with E-state index >= 15 is 0 Å². The maximum absolute atomic E-state index is 11.0. The van der Waals surface area contributed by atoms with E-state index in [-0.39, 0.29) is 0 Å².